The summed E-state index contributed by atoms with van der Waals surface area (Å²) >= 11 is 0. The van der Waals surface area contributed by atoms with Crippen molar-refractivity contribution < 1.29 is 13.9 Å². The molecule has 0 aliphatic carbocycles. The highest BCUT2D eigenvalue weighted by atomic mass is 19.1. The van der Waals surface area contributed by atoms with Crippen LogP contribution in [0.5, 0.6) is 0 Å². The summed E-state index contributed by atoms with van der Waals surface area (Å²) in [5.41, 5.74) is 0.662. The molecule has 3 nitrogen and oxygen atoms in total. The molecule has 1 aromatic carbocycles. The summed E-state index contributed by atoms with van der Waals surface area (Å²) in [5, 5.41) is 12.2. The van der Waals surface area contributed by atoms with Crippen molar-refractivity contribution in [2.24, 2.45) is 5.92 Å². The molecule has 0 bridgehead atoms. The Kier molecular flexibility index (Phi) is 5.31. The van der Waals surface area contributed by atoms with E-state index in [1.54, 1.807) is 4.90 Å². The van der Waals surface area contributed by atoms with Crippen molar-refractivity contribution in [2.75, 3.05) is 31.1 Å². The summed E-state index contributed by atoms with van der Waals surface area (Å²) < 4.78 is 28.3. The van der Waals surface area contributed by atoms with Gasteiger partial charge in [0.25, 0.3) is 0 Å². The Morgan fingerprint density at radius 2 is 2.05 bits per heavy atom. The van der Waals surface area contributed by atoms with Gasteiger partial charge in [-0.25, -0.2) is 8.78 Å². The summed E-state index contributed by atoms with van der Waals surface area (Å²) in [7, 11) is 0. The molecule has 2 N–H and O–H groups in total. The van der Waals surface area contributed by atoms with Gasteiger partial charge in [0.05, 0.1) is 0 Å². The van der Waals surface area contributed by atoms with Crippen molar-refractivity contribution in [3.8, 4) is 0 Å². The van der Waals surface area contributed by atoms with E-state index in [1.165, 1.54) is 12.1 Å². The van der Waals surface area contributed by atoms with Crippen LogP contribution in [0.15, 0.2) is 12.1 Å². The maximum absolute atomic E-state index is 14.1. The van der Waals surface area contributed by atoms with Crippen LogP contribution < -0.4 is 10.2 Å². The highest BCUT2D eigenvalue weighted by Gasteiger charge is 2.26. The van der Waals surface area contributed by atoms with Gasteiger partial charge in [-0.1, -0.05) is 6.92 Å². The summed E-state index contributed by atoms with van der Waals surface area (Å²) in [6.07, 6.45) is 1.76. The number of hydrogen-bond acceptors (Lipinski definition) is 3. The van der Waals surface area contributed by atoms with Gasteiger partial charge in [-0.15, -0.1) is 0 Å². The number of hydrogen-bond donors (Lipinski definition) is 2. The van der Waals surface area contributed by atoms with E-state index in [2.05, 4.69) is 5.32 Å². The number of anilines is 1. The largest absolute Gasteiger partial charge is 0.396 e. The second kappa shape index (κ2) is 6.99. The minimum atomic E-state index is -0.517. The first-order chi connectivity index (χ1) is 9.65. The third-order valence-electron chi connectivity index (χ3n) is 3.69. The lowest BCUT2D eigenvalue weighted by molar-refractivity contribution is 0.238. The molecule has 0 aromatic heterocycles. The van der Waals surface area contributed by atoms with Crippen molar-refractivity contribution in [1.29, 1.82) is 0 Å². The minimum absolute atomic E-state index is 0.0418. The number of nitrogens with zero attached hydrogens (tertiary/aromatic N) is 1. The Morgan fingerprint density at radius 1 is 1.35 bits per heavy atom. The fourth-order valence-electron chi connectivity index (χ4n) is 2.62. The number of halogens is 2. The normalized spacial score (nSPS) is 18.8. The summed E-state index contributed by atoms with van der Waals surface area (Å²) in [5.74, 6) is -0.923. The fraction of sp³-hybridized carbons (Fsp3) is 0.600. The molecular formula is C15H22F2N2O. The SMILES string of the molecule is CCCNCc1cc(F)c(N2CCC(CO)C2)c(F)c1. The fourth-order valence-corrected chi connectivity index (χ4v) is 2.62. The molecule has 1 fully saturated rings. The van der Waals surface area contributed by atoms with E-state index >= 15 is 0 Å². The maximum Gasteiger partial charge on any atom is 0.149 e. The quantitative estimate of drug-likeness (QED) is 0.787. The molecule has 0 saturated carbocycles. The van der Waals surface area contributed by atoms with Gasteiger partial charge >= 0.3 is 0 Å². The summed E-state index contributed by atoms with van der Waals surface area (Å²) in [4.78, 5) is 1.69. The van der Waals surface area contributed by atoms with E-state index in [1.807, 2.05) is 6.92 Å². The van der Waals surface area contributed by atoms with Crippen molar-refractivity contribution in [2.45, 2.75) is 26.3 Å². The van der Waals surface area contributed by atoms with Crippen LogP contribution in [0.25, 0.3) is 0 Å². The average molecular weight is 284 g/mol. The zero-order valence-electron chi connectivity index (χ0n) is 11.8. The number of nitrogens with one attached hydrogen (secondary N) is 1. The molecule has 2 rings (SSSR count). The third kappa shape index (κ3) is 3.46. The first-order valence-electron chi connectivity index (χ1n) is 7.20. The zero-order valence-corrected chi connectivity index (χ0v) is 11.8. The standard InChI is InChI=1S/C15H22F2N2O/c1-2-4-18-8-12-6-13(16)15(14(17)7-12)19-5-3-11(9-19)10-20/h6-7,11,18,20H,2-5,8-10H2,1H3. The molecule has 112 valence electrons. The van der Waals surface area contributed by atoms with E-state index < -0.39 is 11.6 Å². The van der Waals surface area contributed by atoms with Gasteiger partial charge < -0.3 is 15.3 Å². The van der Waals surface area contributed by atoms with Gasteiger partial charge in [0, 0.05) is 32.2 Å². The molecule has 1 aliphatic heterocycles. The zero-order chi connectivity index (χ0) is 14.5. The van der Waals surface area contributed by atoms with Gasteiger partial charge in [0.15, 0.2) is 0 Å². The van der Waals surface area contributed by atoms with Crippen LogP contribution in [0, 0.1) is 17.6 Å². The van der Waals surface area contributed by atoms with Crippen molar-refractivity contribution >= 4 is 5.69 Å². The van der Waals surface area contributed by atoms with Crippen LogP contribution >= 0.6 is 0 Å². The first-order valence-corrected chi connectivity index (χ1v) is 7.20. The molecule has 0 spiro atoms. The van der Waals surface area contributed by atoms with Gasteiger partial charge in [-0.3, -0.25) is 0 Å². The number of benzene rings is 1. The molecule has 20 heavy (non-hydrogen) atoms. The lowest BCUT2D eigenvalue weighted by Gasteiger charge is -2.20. The second-order valence-corrected chi connectivity index (χ2v) is 5.37. The molecule has 1 aliphatic rings. The van der Waals surface area contributed by atoms with Gasteiger partial charge in [0.1, 0.15) is 17.3 Å². The predicted octanol–water partition coefficient (Wildman–Crippen LogP) is 2.28. The van der Waals surface area contributed by atoms with E-state index in [0.29, 0.717) is 25.2 Å². The lowest BCUT2D eigenvalue weighted by atomic mass is 10.1. The Hall–Kier alpha value is -1.20. The highest BCUT2D eigenvalue weighted by molar-refractivity contribution is 5.51. The monoisotopic (exact) mass is 284 g/mol. The third-order valence-corrected chi connectivity index (χ3v) is 3.69. The van der Waals surface area contributed by atoms with E-state index in [9.17, 15) is 8.78 Å². The number of aliphatic hydroxyl groups is 1. The van der Waals surface area contributed by atoms with Crippen molar-refractivity contribution in [3.63, 3.8) is 0 Å². The van der Waals surface area contributed by atoms with Crippen LogP contribution in [-0.4, -0.2) is 31.3 Å². The molecule has 1 unspecified atom stereocenters. The Balaban J connectivity index is 2.10. The highest BCUT2D eigenvalue weighted by Crippen LogP contribution is 2.29. The molecule has 0 amide bonds. The van der Waals surface area contributed by atoms with Crippen LogP contribution in [-0.2, 0) is 6.54 Å². The Bertz CT molecular complexity index is 430. The lowest BCUT2D eigenvalue weighted by Crippen LogP contribution is -2.23. The van der Waals surface area contributed by atoms with Crippen LogP contribution in [0.3, 0.4) is 0 Å². The topological polar surface area (TPSA) is 35.5 Å². The minimum Gasteiger partial charge on any atom is -0.396 e. The molecular weight excluding hydrogens is 262 g/mol. The molecule has 0 radical (unpaired) electrons. The van der Waals surface area contributed by atoms with E-state index in [0.717, 1.165) is 19.4 Å². The first kappa shape index (κ1) is 15.2. The van der Waals surface area contributed by atoms with Crippen molar-refractivity contribution in [1.82, 2.24) is 5.32 Å². The summed E-state index contributed by atoms with van der Waals surface area (Å²) in [6, 6.07) is 2.79. The predicted molar refractivity (Wildman–Crippen MR) is 75.8 cm³/mol. The molecule has 1 aromatic rings. The van der Waals surface area contributed by atoms with Gasteiger partial charge in [-0.05, 0) is 37.1 Å². The Labute approximate surface area is 118 Å². The second-order valence-electron chi connectivity index (χ2n) is 5.37. The van der Waals surface area contributed by atoms with Gasteiger partial charge in [0.2, 0.25) is 0 Å². The van der Waals surface area contributed by atoms with Crippen LogP contribution in [0.1, 0.15) is 25.3 Å². The van der Waals surface area contributed by atoms with Crippen LogP contribution in [0.2, 0.25) is 0 Å². The smallest absolute Gasteiger partial charge is 0.149 e. The van der Waals surface area contributed by atoms with Crippen LogP contribution in [0.4, 0.5) is 14.5 Å². The Morgan fingerprint density at radius 3 is 2.60 bits per heavy atom. The maximum atomic E-state index is 14.1. The van der Waals surface area contributed by atoms with E-state index in [4.69, 9.17) is 5.11 Å². The average Bonchev–Trinajstić information content (AvgIpc) is 2.87. The number of aliphatic hydroxyl groups excluding tert-OH is 1. The molecule has 1 saturated heterocycles. The summed E-state index contributed by atoms with van der Waals surface area (Å²) in [6.45, 7) is 4.52. The van der Waals surface area contributed by atoms with E-state index in [-0.39, 0.29) is 18.2 Å². The van der Waals surface area contributed by atoms with Gasteiger partial charge in [-0.2, -0.15) is 0 Å². The molecule has 5 heteroatoms. The molecule has 1 atom stereocenters. The number of rotatable bonds is 6. The molecule has 1 heterocycles. The van der Waals surface area contributed by atoms with Crippen molar-refractivity contribution in [3.05, 3.63) is 29.3 Å².